The van der Waals surface area contributed by atoms with Crippen LogP contribution in [0.4, 0.5) is 4.39 Å². The molecule has 5 heteroatoms. The number of likely N-dealkylation sites (tertiary alicyclic amines) is 1. The number of rotatable bonds is 1. The Morgan fingerprint density at radius 1 is 1.42 bits per heavy atom. The summed E-state index contributed by atoms with van der Waals surface area (Å²) in [4.78, 5) is 14.2. The highest BCUT2D eigenvalue weighted by Crippen LogP contribution is 2.36. The van der Waals surface area contributed by atoms with Gasteiger partial charge in [0, 0.05) is 30.6 Å². The first kappa shape index (κ1) is 12.9. The molecule has 2 aliphatic rings. The lowest BCUT2D eigenvalue weighted by molar-refractivity contribution is 0.0775. The maximum absolute atomic E-state index is 13.1. The second-order valence-electron chi connectivity index (χ2n) is 5.53. The van der Waals surface area contributed by atoms with Gasteiger partial charge in [-0.05, 0) is 37.6 Å². The summed E-state index contributed by atoms with van der Waals surface area (Å²) in [5, 5.41) is 3.36. The fourth-order valence-electron chi connectivity index (χ4n) is 3.06. The smallest absolute Gasteiger partial charge is 0.253 e. The molecule has 2 aliphatic heterocycles. The van der Waals surface area contributed by atoms with Crippen LogP contribution in [0.3, 0.4) is 0 Å². The average molecular weight is 283 g/mol. The summed E-state index contributed by atoms with van der Waals surface area (Å²) in [5.41, 5.74) is 0.717. The first-order chi connectivity index (χ1) is 9.10. The SMILES string of the molecule is O=C(c1ccc(F)c(Cl)c1)N1CCC2(CCNC2)C1. The molecule has 0 saturated carbocycles. The Morgan fingerprint density at radius 2 is 2.26 bits per heavy atom. The third-order valence-corrected chi connectivity index (χ3v) is 4.51. The molecule has 1 unspecified atom stereocenters. The van der Waals surface area contributed by atoms with Crippen LogP contribution in [0.1, 0.15) is 23.2 Å². The van der Waals surface area contributed by atoms with E-state index in [1.54, 1.807) is 0 Å². The van der Waals surface area contributed by atoms with Crippen LogP contribution in [0.15, 0.2) is 18.2 Å². The lowest BCUT2D eigenvalue weighted by atomic mass is 9.86. The summed E-state index contributed by atoms with van der Waals surface area (Å²) in [6.45, 7) is 3.58. The summed E-state index contributed by atoms with van der Waals surface area (Å²) < 4.78 is 13.1. The Balaban J connectivity index is 1.76. The van der Waals surface area contributed by atoms with Crippen LogP contribution in [-0.4, -0.2) is 37.0 Å². The van der Waals surface area contributed by atoms with Gasteiger partial charge in [-0.25, -0.2) is 4.39 Å². The van der Waals surface area contributed by atoms with Crippen LogP contribution in [0.25, 0.3) is 0 Å². The summed E-state index contributed by atoms with van der Waals surface area (Å²) in [5.74, 6) is -0.540. The molecule has 2 saturated heterocycles. The van der Waals surface area contributed by atoms with E-state index in [-0.39, 0.29) is 16.3 Å². The molecular weight excluding hydrogens is 267 g/mol. The van der Waals surface area contributed by atoms with Crippen molar-refractivity contribution in [1.29, 1.82) is 0 Å². The Morgan fingerprint density at radius 3 is 2.95 bits per heavy atom. The molecule has 0 aromatic heterocycles. The minimum atomic E-state index is -0.490. The number of carbonyl (C=O) groups is 1. The Hall–Kier alpha value is -1.13. The molecule has 0 aliphatic carbocycles. The molecule has 102 valence electrons. The normalized spacial score (nSPS) is 26.3. The second-order valence-corrected chi connectivity index (χ2v) is 5.94. The zero-order valence-corrected chi connectivity index (χ0v) is 11.3. The van der Waals surface area contributed by atoms with Gasteiger partial charge in [-0.15, -0.1) is 0 Å². The van der Waals surface area contributed by atoms with E-state index in [9.17, 15) is 9.18 Å². The first-order valence-corrected chi connectivity index (χ1v) is 6.93. The number of hydrogen-bond acceptors (Lipinski definition) is 2. The molecule has 0 bridgehead atoms. The molecule has 3 nitrogen and oxygen atoms in total. The summed E-state index contributed by atoms with van der Waals surface area (Å²) >= 11 is 5.73. The van der Waals surface area contributed by atoms with Crippen molar-refractivity contribution in [3.05, 3.63) is 34.6 Å². The van der Waals surface area contributed by atoms with Gasteiger partial charge in [0.15, 0.2) is 0 Å². The number of hydrogen-bond donors (Lipinski definition) is 1. The largest absolute Gasteiger partial charge is 0.338 e. The van der Waals surface area contributed by atoms with Crippen LogP contribution in [0.5, 0.6) is 0 Å². The van der Waals surface area contributed by atoms with Gasteiger partial charge in [-0.2, -0.15) is 0 Å². The van der Waals surface area contributed by atoms with Crippen molar-refractivity contribution in [2.24, 2.45) is 5.41 Å². The van der Waals surface area contributed by atoms with Gasteiger partial charge in [0.1, 0.15) is 5.82 Å². The van der Waals surface area contributed by atoms with E-state index >= 15 is 0 Å². The van der Waals surface area contributed by atoms with E-state index in [1.165, 1.54) is 18.2 Å². The van der Waals surface area contributed by atoms with Crippen molar-refractivity contribution in [3.8, 4) is 0 Å². The molecule has 1 amide bonds. The zero-order chi connectivity index (χ0) is 13.5. The molecule has 2 heterocycles. The third-order valence-electron chi connectivity index (χ3n) is 4.22. The van der Waals surface area contributed by atoms with Gasteiger partial charge >= 0.3 is 0 Å². The van der Waals surface area contributed by atoms with Gasteiger partial charge in [0.2, 0.25) is 0 Å². The average Bonchev–Trinajstić information content (AvgIpc) is 3.03. The first-order valence-electron chi connectivity index (χ1n) is 6.55. The Kier molecular flexibility index (Phi) is 3.23. The standard InChI is InChI=1S/C14H16ClFN2O/c15-11-7-10(1-2-12(11)16)13(19)18-6-4-14(9-18)3-5-17-8-14/h1-2,7,17H,3-6,8-9H2. The minimum Gasteiger partial charge on any atom is -0.338 e. The van der Waals surface area contributed by atoms with Crippen LogP contribution >= 0.6 is 11.6 Å². The fraction of sp³-hybridized carbons (Fsp3) is 0.500. The summed E-state index contributed by atoms with van der Waals surface area (Å²) in [7, 11) is 0. The quantitative estimate of drug-likeness (QED) is 0.857. The molecule has 19 heavy (non-hydrogen) atoms. The minimum absolute atomic E-state index is 0.00212. The predicted molar refractivity (Wildman–Crippen MR) is 71.9 cm³/mol. The fourth-order valence-corrected chi connectivity index (χ4v) is 3.24. The Bertz CT molecular complexity index is 514. The molecule has 2 fully saturated rings. The number of halogens is 2. The monoisotopic (exact) mass is 282 g/mol. The maximum Gasteiger partial charge on any atom is 0.253 e. The number of amides is 1. The molecule has 1 aromatic carbocycles. The van der Waals surface area contributed by atoms with E-state index < -0.39 is 5.82 Å². The molecule has 1 N–H and O–H groups in total. The van der Waals surface area contributed by atoms with Gasteiger partial charge in [0.05, 0.1) is 5.02 Å². The van der Waals surface area contributed by atoms with Gasteiger partial charge in [0.25, 0.3) is 5.91 Å². The third kappa shape index (κ3) is 2.35. The van der Waals surface area contributed by atoms with Gasteiger partial charge in [-0.1, -0.05) is 11.6 Å². The van der Waals surface area contributed by atoms with Crippen molar-refractivity contribution >= 4 is 17.5 Å². The van der Waals surface area contributed by atoms with E-state index in [2.05, 4.69) is 5.32 Å². The zero-order valence-electron chi connectivity index (χ0n) is 10.6. The van der Waals surface area contributed by atoms with E-state index in [0.29, 0.717) is 5.56 Å². The lowest BCUT2D eigenvalue weighted by Gasteiger charge is -2.22. The number of nitrogens with one attached hydrogen (secondary N) is 1. The highest BCUT2D eigenvalue weighted by Gasteiger charge is 2.41. The molecule has 0 radical (unpaired) electrons. The molecular formula is C14H16ClFN2O. The van der Waals surface area contributed by atoms with Crippen molar-refractivity contribution in [2.75, 3.05) is 26.2 Å². The van der Waals surface area contributed by atoms with Crippen LogP contribution in [0, 0.1) is 11.2 Å². The highest BCUT2D eigenvalue weighted by molar-refractivity contribution is 6.31. The molecule has 1 aromatic rings. The summed E-state index contributed by atoms with van der Waals surface area (Å²) in [6.07, 6.45) is 2.17. The van der Waals surface area contributed by atoms with E-state index in [0.717, 1.165) is 39.0 Å². The molecule has 1 atom stereocenters. The van der Waals surface area contributed by atoms with Crippen molar-refractivity contribution in [3.63, 3.8) is 0 Å². The van der Waals surface area contributed by atoms with E-state index in [4.69, 9.17) is 11.6 Å². The van der Waals surface area contributed by atoms with E-state index in [1.807, 2.05) is 4.90 Å². The van der Waals surface area contributed by atoms with Crippen molar-refractivity contribution in [1.82, 2.24) is 10.2 Å². The van der Waals surface area contributed by atoms with Gasteiger partial charge in [-0.3, -0.25) is 4.79 Å². The van der Waals surface area contributed by atoms with Gasteiger partial charge < -0.3 is 10.2 Å². The second kappa shape index (κ2) is 4.76. The Labute approximate surface area is 116 Å². The van der Waals surface area contributed by atoms with Crippen molar-refractivity contribution in [2.45, 2.75) is 12.8 Å². The predicted octanol–water partition coefficient (Wildman–Crippen LogP) is 2.30. The van der Waals surface area contributed by atoms with Crippen LogP contribution in [-0.2, 0) is 0 Å². The topological polar surface area (TPSA) is 32.3 Å². The number of carbonyl (C=O) groups excluding carboxylic acids is 1. The highest BCUT2D eigenvalue weighted by atomic mass is 35.5. The number of nitrogens with zero attached hydrogens (tertiary/aromatic N) is 1. The summed E-state index contributed by atoms with van der Waals surface area (Å²) in [6, 6.07) is 4.16. The lowest BCUT2D eigenvalue weighted by Crippen LogP contribution is -2.33. The molecule has 3 rings (SSSR count). The molecule has 1 spiro atoms. The van der Waals surface area contributed by atoms with Crippen molar-refractivity contribution < 1.29 is 9.18 Å². The number of benzene rings is 1. The van der Waals surface area contributed by atoms with Crippen LogP contribution < -0.4 is 5.32 Å². The maximum atomic E-state index is 13.1. The van der Waals surface area contributed by atoms with Crippen LogP contribution in [0.2, 0.25) is 5.02 Å².